The highest BCUT2D eigenvalue weighted by Gasteiger charge is 2.06. The van der Waals surface area contributed by atoms with Gasteiger partial charge in [-0.1, -0.05) is 65.5 Å². The van der Waals surface area contributed by atoms with Crippen LogP contribution < -0.4 is 20.1 Å². The summed E-state index contributed by atoms with van der Waals surface area (Å²) in [5, 5.41) is 5.92. The molecule has 0 saturated carbocycles. The van der Waals surface area contributed by atoms with Crippen LogP contribution in [0.2, 0.25) is 0 Å². The first-order chi connectivity index (χ1) is 17.3. The molecule has 2 amide bonds. The van der Waals surface area contributed by atoms with E-state index in [2.05, 4.69) is 38.3 Å². The molecule has 0 atom stereocenters. The zero-order chi connectivity index (χ0) is 26.2. The minimum atomic E-state index is 0.0337. The Kier molecular flexibility index (Phi) is 13.5. The Morgan fingerprint density at radius 3 is 1.42 bits per heavy atom. The standard InChI is InChI=1S/C30H44N2O4/c1-23(2)21-35-27-15-11-13-25(19-27)31-29(33)17-9-7-5-6-8-10-18-30(34)32-26-14-12-16-28(20-26)36-22-24(3)4/h11-16,19-20,23-24H,5-10,17-18,21-22H2,1-4H3,(H,31,33)(H,32,34). The number of benzene rings is 2. The number of ether oxygens (including phenoxy) is 2. The van der Waals surface area contributed by atoms with E-state index in [-0.39, 0.29) is 11.8 Å². The molecule has 0 radical (unpaired) electrons. The van der Waals surface area contributed by atoms with Crippen molar-refractivity contribution in [1.82, 2.24) is 0 Å². The van der Waals surface area contributed by atoms with Gasteiger partial charge >= 0.3 is 0 Å². The van der Waals surface area contributed by atoms with Gasteiger partial charge in [-0.3, -0.25) is 9.59 Å². The maximum absolute atomic E-state index is 12.2. The summed E-state index contributed by atoms with van der Waals surface area (Å²) in [6, 6.07) is 15.1. The van der Waals surface area contributed by atoms with Crippen LogP contribution in [0.15, 0.2) is 48.5 Å². The second-order valence-corrected chi connectivity index (χ2v) is 10.2. The van der Waals surface area contributed by atoms with Crippen LogP contribution in [-0.2, 0) is 9.59 Å². The van der Waals surface area contributed by atoms with Crippen molar-refractivity contribution >= 4 is 23.2 Å². The van der Waals surface area contributed by atoms with Gasteiger partial charge < -0.3 is 20.1 Å². The summed E-state index contributed by atoms with van der Waals surface area (Å²) >= 11 is 0. The normalized spacial score (nSPS) is 10.9. The Bertz CT molecular complexity index is 851. The summed E-state index contributed by atoms with van der Waals surface area (Å²) < 4.78 is 11.4. The van der Waals surface area contributed by atoms with Crippen LogP contribution in [0.25, 0.3) is 0 Å². The second kappa shape index (κ2) is 16.6. The number of amides is 2. The molecule has 6 nitrogen and oxygen atoms in total. The smallest absolute Gasteiger partial charge is 0.224 e. The van der Waals surface area contributed by atoms with E-state index in [1.54, 1.807) is 0 Å². The molecule has 2 aromatic rings. The van der Waals surface area contributed by atoms with E-state index in [0.29, 0.717) is 37.9 Å². The van der Waals surface area contributed by atoms with Gasteiger partial charge in [0.05, 0.1) is 13.2 Å². The predicted molar refractivity (Wildman–Crippen MR) is 148 cm³/mol. The van der Waals surface area contributed by atoms with E-state index in [0.717, 1.165) is 61.4 Å². The number of anilines is 2. The molecule has 198 valence electrons. The molecule has 0 unspecified atom stereocenters. The summed E-state index contributed by atoms with van der Waals surface area (Å²) in [6.07, 6.45) is 6.93. The lowest BCUT2D eigenvalue weighted by molar-refractivity contribution is -0.117. The topological polar surface area (TPSA) is 76.7 Å². The van der Waals surface area contributed by atoms with Crippen LogP contribution in [0.1, 0.15) is 79.1 Å². The van der Waals surface area contributed by atoms with Crippen molar-refractivity contribution in [2.75, 3.05) is 23.8 Å². The van der Waals surface area contributed by atoms with E-state index >= 15 is 0 Å². The average Bonchev–Trinajstić information content (AvgIpc) is 2.83. The van der Waals surface area contributed by atoms with Gasteiger partial charge in [0.1, 0.15) is 11.5 Å². The zero-order valence-electron chi connectivity index (χ0n) is 22.5. The summed E-state index contributed by atoms with van der Waals surface area (Å²) in [5.41, 5.74) is 1.55. The van der Waals surface area contributed by atoms with Crippen molar-refractivity contribution in [1.29, 1.82) is 0 Å². The van der Waals surface area contributed by atoms with Crippen LogP contribution in [0, 0.1) is 11.8 Å². The third kappa shape index (κ3) is 13.2. The fourth-order valence-corrected chi connectivity index (χ4v) is 3.58. The van der Waals surface area contributed by atoms with Gasteiger partial charge in [0, 0.05) is 36.3 Å². The molecule has 2 rings (SSSR count). The van der Waals surface area contributed by atoms with E-state index < -0.39 is 0 Å². The van der Waals surface area contributed by atoms with Crippen molar-refractivity contribution in [3.63, 3.8) is 0 Å². The quantitative estimate of drug-likeness (QED) is 0.223. The molecule has 0 aliphatic carbocycles. The lowest BCUT2D eigenvalue weighted by atomic mass is 10.1. The Morgan fingerprint density at radius 2 is 1.03 bits per heavy atom. The average molecular weight is 497 g/mol. The number of rotatable bonds is 17. The Hall–Kier alpha value is -3.02. The van der Waals surface area contributed by atoms with Crippen LogP contribution in [0.4, 0.5) is 11.4 Å². The molecule has 0 fully saturated rings. The summed E-state index contributed by atoms with van der Waals surface area (Å²) in [4.78, 5) is 24.5. The van der Waals surface area contributed by atoms with Gasteiger partial charge in [-0.15, -0.1) is 0 Å². The highest BCUT2D eigenvalue weighted by molar-refractivity contribution is 5.91. The Labute approximate surface area is 217 Å². The number of carbonyl (C=O) groups is 2. The maximum atomic E-state index is 12.2. The molecule has 6 heteroatoms. The molecule has 0 aliphatic heterocycles. The van der Waals surface area contributed by atoms with Gasteiger partial charge in [0.15, 0.2) is 0 Å². The summed E-state index contributed by atoms with van der Waals surface area (Å²) in [6.45, 7) is 9.73. The van der Waals surface area contributed by atoms with E-state index in [1.807, 2.05) is 48.5 Å². The first-order valence-corrected chi connectivity index (χ1v) is 13.4. The number of unbranched alkanes of at least 4 members (excludes halogenated alkanes) is 5. The summed E-state index contributed by atoms with van der Waals surface area (Å²) in [7, 11) is 0. The molecule has 36 heavy (non-hydrogen) atoms. The number of nitrogens with one attached hydrogen (secondary N) is 2. The largest absolute Gasteiger partial charge is 0.493 e. The molecule has 0 spiro atoms. The minimum absolute atomic E-state index is 0.0337. The first kappa shape index (κ1) is 29.2. The third-order valence-corrected chi connectivity index (χ3v) is 5.46. The molecule has 0 saturated heterocycles. The molecule has 0 heterocycles. The lowest BCUT2D eigenvalue weighted by Gasteiger charge is -2.11. The van der Waals surface area contributed by atoms with Crippen LogP contribution in [0.5, 0.6) is 11.5 Å². The Morgan fingerprint density at radius 1 is 0.639 bits per heavy atom. The minimum Gasteiger partial charge on any atom is -0.493 e. The van der Waals surface area contributed by atoms with Crippen LogP contribution in [0.3, 0.4) is 0 Å². The zero-order valence-corrected chi connectivity index (χ0v) is 22.5. The van der Waals surface area contributed by atoms with Gasteiger partial charge in [-0.05, 0) is 48.9 Å². The second-order valence-electron chi connectivity index (χ2n) is 10.2. The first-order valence-electron chi connectivity index (χ1n) is 13.4. The van der Waals surface area contributed by atoms with Crippen LogP contribution in [-0.4, -0.2) is 25.0 Å². The Balaban J connectivity index is 1.52. The molecule has 0 aliphatic rings. The van der Waals surface area contributed by atoms with E-state index in [9.17, 15) is 9.59 Å². The maximum Gasteiger partial charge on any atom is 0.224 e. The van der Waals surface area contributed by atoms with Gasteiger partial charge in [0.25, 0.3) is 0 Å². The van der Waals surface area contributed by atoms with Crippen molar-refractivity contribution in [2.24, 2.45) is 11.8 Å². The molecular formula is C30H44N2O4. The number of carbonyl (C=O) groups excluding carboxylic acids is 2. The van der Waals surface area contributed by atoms with Crippen molar-refractivity contribution < 1.29 is 19.1 Å². The number of hydrogen-bond donors (Lipinski definition) is 2. The summed E-state index contributed by atoms with van der Waals surface area (Å²) in [5.74, 6) is 2.53. The molecule has 2 N–H and O–H groups in total. The van der Waals surface area contributed by atoms with E-state index in [1.165, 1.54) is 0 Å². The highest BCUT2D eigenvalue weighted by Crippen LogP contribution is 2.20. The van der Waals surface area contributed by atoms with Crippen molar-refractivity contribution in [3.05, 3.63) is 48.5 Å². The fourth-order valence-electron chi connectivity index (χ4n) is 3.58. The van der Waals surface area contributed by atoms with Gasteiger partial charge in [-0.25, -0.2) is 0 Å². The monoisotopic (exact) mass is 496 g/mol. The van der Waals surface area contributed by atoms with Gasteiger partial charge in [0.2, 0.25) is 11.8 Å². The number of hydrogen-bond acceptors (Lipinski definition) is 4. The third-order valence-electron chi connectivity index (χ3n) is 5.46. The fraction of sp³-hybridized carbons (Fsp3) is 0.533. The van der Waals surface area contributed by atoms with E-state index in [4.69, 9.17) is 9.47 Å². The highest BCUT2D eigenvalue weighted by atomic mass is 16.5. The SMILES string of the molecule is CC(C)COc1cccc(NC(=O)CCCCCCCCC(=O)Nc2cccc(OCC(C)C)c2)c1. The van der Waals surface area contributed by atoms with Crippen molar-refractivity contribution in [3.8, 4) is 11.5 Å². The predicted octanol–water partition coefficient (Wildman–Crippen LogP) is 7.45. The van der Waals surface area contributed by atoms with Crippen molar-refractivity contribution in [2.45, 2.75) is 79.1 Å². The molecular weight excluding hydrogens is 452 g/mol. The van der Waals surface area contributed by atoms with Crippen LogP contribution >= 0.6 is 0 Å². The molecule has 2 aromatic carbocycles. The van der Waals surface area contributed by atoms with Gasteiger partial charge in [-0.2, -0.15) is 0 Å². The lowest BCUT2D eigenvalue weighted by Crippen LogP contribution is -2.11. The molecule has 0 aromatic heterocycles. The molecule has 0 bridgehead atoms.